The van der Waals surface area contributed by atoms with E-state index in [1.54, 1.807) is 19.1 Å². The fourth-order valence-electron chi connectivity index (χ4n) is 2.58. The molecular formula is C18H22N2O5. The van der Waals surface area contributed by atoms with Gasteiger partial charge in [-0.3, -0.25) is 4.79 Å². The number of rotatable bonds is 8. The molecular weight excluding hydrogens is 324 g/mol. The molecule has 0 radical (unpaired) electrons. The van der Waals surface area contributed by atoms with Crippen molar-refractivity contribution in [2.75, 3.05) is 26.6 Å². The van der Waals surface area contributed by atoms with Gasteiger partial charge >= 0.3 is 0 Å². The van der Waals surface area contributed by atoms with Crippen LogP contribution in [0.15, 0.2) is 22.7 Å². The van der Waals surface area contributed by atoms with E-state index in [-0.39, 0.29) is 12.7 Å². The molecule has 3 rings (SSSR count). The summed E-state index contributed by atoms with van der Waals surface area (Å²) in [7, 11) is 0. The van der Waals surface area contributed by atoms with E-state index in [2.05, 4.69) is 17.4 Å². The molecule has 0 fully saturated rings. The van der Waals surface area contributed by atoms with E-state index in [1.807, 2.05) is 6.07 Å². The number of carbonyl (C=O) groups excluding carboxylic acids is 1. The third-order valence-electron chi connectivity index (χ3n) is 3.82. The summed E-state index contributed by atoms with van der Waals surface area (Å²) in [5.41, 5.74) is 1.71. The molecule has 0 saturated carbocycles. The van der Waals surface area contributed by atoms with Crippen LogP contribution in [0.3, 0.4) is 0 Å². The third-order valence-corrected chi connectivity index (χ3v) is 3.82. The second kappa shape index (κ2) is 8.02. The van der Waals surface area contributed by atoms with Crippen molar-refractivity contribution in [2.45, 2.75) is 26.7 Å². The molecule has 0 unspecified atom stereocenters. The number of benzene rings is 1. The van der Waals surface area contributed by atoms with Gasteiger partial charge in [-0.25, -0.2) is 0 Å². The van der Waals surface area contributed by atoms with Crippen LogP contribution in [0.4, 0.5) is 0 Å². The summed E-state index contributed by atoms with van der Waals surface area (Å²) in [6, 6.07) is 5.41. The Balaban J connectivity index is 1.68. The Kier molecular flexibility index (Phi) is 5.55. The number of aromatic nitrogens is 1. The van der Waals surface area contributed by atoms with Gasteiger partial charge < -0.3 is 24.1 Å². The number of nitrogens with one attached hydrogen (secondary N) is 1. The van der Waals surface area contributed by atoms with Crippen LogP contribution in [0.5, 0.6) is 11.5 Å². The number of nitrogens with zero attached hydrogens (tertiary/aromatic N) is 1. The van der Waals surface area contributed by atoms with Crippen molar-refractivity contribution in [2.24, 2.45) is 0 Å². The second-order valence-electron chi connectivity index (χ2n) is 5.76. The highest BCUT2D eigenvalue weighted by Crippen LogP contribution is 2.37. The minimum atomic E-state index is -0.207. The number of ether oxygens (including phenoxy) is 3. The fraction of sp³-hybridized carbons (Fsp3) is 0.444. The summed E-state index contributed by atoms with van der Waals surface area (Å²) >= 11 is 0. The molecule has 0 spiro atoms. The monoisotopic (exact) mass is 346 g/mol. The fourth-order valence-corrected chi connectivity index (χ4v) is 2.58. The van der Waals surface area contributed by atoms with Gasteiger partial charge in [0.2, 0.25) is 6.79 Å². The van der Waals surface area contributed by atoms with Gasteiger partial charge in [-0.2, -0.15) is 0 Å². The SMILES string of the molecule is CCCOCCCNC(=O)c1c(C)noc1-c1ccc2c(c1)OCO2. The van der Waals surface area contributed by atoms with Crippen LogP contribution in [0.1, 0.15) is 35.8 Å². The maximum Gasteiger partial charge on any atom is 0.257 e. The molecule has 1 aliphatic heterocycles. The molecule has 134 valence electrons. The zero-order valence-electron chi connectivity index (χ0n) is 14.5. The van der Waals surface area contributed by atoms with Gasteiger partial charge in [-0.15, -0.1) is 0 Å². The quantitative estimate of drug-likeness (QED) is 0.740. The minimum Gasteiger partial charge on any atom is -0.454 e. The number of carbonyl (C=O) groups is 1. The number of hydrogen-bond acceptors (Lipinski definition) is 6. The minimum absolute atomic E-state index is 0.196. The molecule has 1 N–H and O–H groups in total. The molecule has 25 heavy (non-hydrogen) atoms. The highest BCUT2D eigenvalue weighted by atomic mass is 16.7. The molecule has 2 heterocycles. The molecule has 7 nitrogen and oxygen atoms in total. The number of hydrogen-bond donors (Lipinski definition) is 1. The topological polar surface area (TPSA) is 82.8 Å². The Morgan fingerprint density at radius 2 is 2.12 bits per heavy atom. The molecule has 0 saturated heterocycles. The van der Waals surface area contributed by atoms with E-state index in [1.165, 1.54) is 0 Å². The average Bonchev–Trinajstić information content (AvgIpc) is 3.23. The van der Waals surface area contributed by atoms with E-state index in [0.29, 0.717) is 41.7 Å². The number of amides is 1. The lowest BCUT2D eigenvalue weighted by Gasteiger charge is -2.07. The Bertz CT molecular complexity index is 741. The van der Waals surface area contributed by atoms with Crippen molar-refractivity contribution in [1.29, 1.82) is 0 Å². The molecule has 0 aliphatic carbocycles. The molecule has 0 bridgehead atoms. The Morgan fingerprint density at radius 3 is 2.96 bits per heavy atom. The van der Waals surface area contributed by atoms with Crippen LogP contribution >= 0.6 is 0 Å². The Labute approximate surface area is 146 Å². The van der Waals surface area contributed by atoms with Crippen molar-refractivity contribution in [1.82, 2.24) is 10.5 Å². The predicted octanol–water partition coefficient (Wildman–Crippen LogP) is 2.93. The van der Waals surface area contributed by atoms with Gasteiger partial charge in [0, 0.05) is 25.3 Å². The van der Waals surface area contributed by atoms with Crippen molar-refractivity contribution < 1.29 is 23.5 Å². The van der Waals surface area contributed by atoms with E-state index >= 15 is 0 Å². The van der Waals surface area contributed by atoms with E-state index < -0.39 is 0 Å². The summed E-state index contributed by atoms with van der Waals surface area (Å²) in [5.74, 6) is 1.53. The molecule has 1 amide bonds. The first-order chi connectivity index (χ1) is 12.2. The van der Waals surface area contributed by atoms with Gasteiger partial charge in [0.15, 0.2) is 17.3 Å². The van der Waals surface area contributed by atoms with E-state index in [4.69, 9.17) is 18.7 Å². The maximum absolute atomic E-state index is 12.5. The van der Waals surface area contributed by atoms with Crippen LogP contribution in [0, 0.1) is 6.92 Å². The Morgan fingerprint density at radius 1 is 1.28 bits per heavy atom. The number of fused-ring (bicyclic) bond motifs is 1. The summed E-state index contributed by atoms with van der Waals surface area (Å²) in [4.78, 5) is 12.5. The molecule has 1 aliphatic rings. The molecule has 0 atom stereocenters. The van der Waals surface area contributed by atoms with Crippen LogP contribution < -0.4 is 14.8 Å². The first kappa shape index (κ1) is 17.3. The predicted molar refractivity (Wildman–Crippen MR) is 90.9 cm³/mol. The highest BCUT2D eigenvalue weighted by Gasteiger charge is 2.23. The smallest absolute Gasteiger partial charge is 0.257 e. The average molecular weight is 346 g/mol. The van der Waals surface area contributed by atoms with Gasteiger partial charge in [-0.05, 0) is 38.0 Å². The largest absolute Gasteiger partial charge is 0.454 e. The summed E-state index contributed by atoms with van der Waals surface area (Å²) in [5, 5.41) is 6.83. The second-order valence-corrected chi connectivity index (χ2v) is 5.76. The normalized spacial score (nSPS) is 12.4. The van der Waals surface area contributed by atoms with Crippen molar-refractivity contribution in [3.05, 3.63) is 29.5 Å². The van der Waals surface area contributed by atoms with E-state index in [9.17, 15) is 4.79 Å². The lowest BCUT2D eigenvalue weighted by molar-refractivity contribution is 0.0941. The molecule has 1 aromatic heterocycles. The van der Waals surface area contributed by atoms with Crippen molar-refractivity contribution in [3.8, 4) is 22.8 Å². The summed E-state index contributed by atoms with van der Waals surface area (Å²) in [6.07, 6.45) is 1.75. The summed E-state index contributed by atoms with van der Waals surface area (Å²) in [6.45, 7) is 5.92. The lowest BCUT2D eigenvalue weighted by atomic mass is 10.1. The van der Waals surface area contributed by atoms with Crippen molar-refractivity contribution in [3.63, 3.8) is 0 Å². The van der Waals surface area contributed by atoms with Crippen LogP contribution in [-0.4, -0.2) is 37.6 Å². The maximum atomic E-state index is 12.5. The standard InChI is InChI=1S/C18H22N2O5/c1-3-8-22-9-4-7-19-18(21)16-12(2)20-25-17(16)13-5-6-14-15(10-13)24-11-23-14/h5-6,10H,3-4,7-9,11H2,1-2H3,(H,19,21). The van der Waals surface area contributed by atoms with Gasteiger partial charge in [0.1, 0.15) is 5.56 Å². The van der Waals surface area contributed by atoms with Crippen LogP contribution in [0.2, 0.25) is 0 Å². The first-order valence-corrected chi connectivity index (χ1v) is 8.43. The van der Waals surface area contributed by atoms with Gasteiger partial charge in [0.05, 0.1) is 5.69 Å². The highest BCUT2D eigenvalue weighted by molar-refractivity contribution is 6.00. The van der Waals surface area contributed by atoms with E-state index in [0.717, 1.165) is 25.0 Å². The molecule has 1 aromatic carbocycles. The van der Waals surface area contributed by atoms with Crippen LogP contribution in [0.25, 0.3) is 11.3 Å². The third kappa shape index (κ3) is 3.93. The van der Waals surface area contributed by atoms with Crippen LogP contribution in [-0.2, 0) is 4.74 Å². The molecule has 7 heteroatoms. The first-order valence-electron chi connectivity index (χ1n) is 8.43. The zero-order valence-corrected chi connectivity index (χ0v) is 14.5. The van der Waals surface area contributed by atoms with Gasteiger partial charge in [0.25, 0.3) is 5.91 Å². The zero-order chi connectivity index (χ0) is 17.6. The molecule has 2 aromatic rings. The number of aryl methyl sites for hydroxylation is 1. The summed E-state index contributed by atoms with van der Waals surface area (Å²) < 4.78 is 21.5. The lowest BCUT2D eigenvalue weighted by Crippen LogP contribution is -2.26. The Hall–Kier alpha value is -2.54. The van der Waals surface area contributed by atoms with Gasteiger partial charge in [-0.1, -0.05) is 12.1 Å². The van der Waals surface area contributed by atoms with Crippen molar-refractivity contribution >= 4 is 5.91 Å².